The molecule has 2 rings (SSSR count). The lowest BCUT2D eigenvalue weighted by Gasteiger charge is -2.08. The maximum absolute atomic E-state index is 10.7. The van der Waals surface area contributed by atoms with E-state index in [0.717, 1.165) is 41.4 Å². The smallest absolute Gasteiger partial charge is 0.313 e. The molecule has 0 atom stereocenters. The van der Waals surface area contributed by atoms with Crippen LogP contribution in [0.1, 0.15) is 30.4 Å². The highest BCUT2D eigenvalue weighted by molar-refractivity contribution is 7.99. The van der Waals surface area contributed by atoms with Crippen LogP contribution in [0.15, 0.2) is 9.57 Å². The summed E-state index contributed by atoms with van der Waals surface area (Å²) in [5, 5.41) is 17.9. The zero-order chi connectivity index (χ0) is 15.6. The average molecular weight is 309 g/mol. The van der Waals surface area contributed by atoms with E-state index < -0.39 is 5.97 Å². The van der Waals surface area contributed by atoms with E-state index in [1.807, 2.05) is 25.3 Å². The molecule has 7 heteroatoms. The molecule has 0 spiro atoms. The number of furan rings is 1. The minimum Gasteiger partial charge on any atom is -0.481 e. The fourth-order valence-corrected chi connectivity index (χ4v) is 2.94. The van der Waals surface area contributed by atoms with Crippen LogP contribution in [0.25, 0.3) is 11.4 Å². The Kier molecular flexibility index (Phi) is 4.72. The largest absolute Gasteiger partial charge is 0.481 e. The minimum atomic E-state index is -0.862. The maximum atomic E-state index is 10.7. The first kappa shape index (κ1) is 15.6. The number of carboxylic acid groups (broad SMARTS) is 1. The number of rotatable bonds is 6. The van der Waals surface area contributed by atoms with Crippen LogP contribution in [-0.2, 0) is 11.3 Å². The summed E-state index contributed by atoms with van der Waals surface area (Å²) in [5.41, 5.74) is 2.00. The highest BCUT2D eigenvalue weighted by atomic mass is 32.2. The molecule has 21 heavy (non-hydrogen) atoms. The predicted octanol–water partition coefficient (Wildman–Crippen LogP) is 3.05. The van der Waals surface area contributed by atoms with Gasteiger partial charge in [-0.25, -0.2) is 0 Å². The summed E-state index contributed by atoms with van der Waals surface area (Å²) in [6, 6.07) is 0. The summed E-state index contributed by atoms with van der Waals surface area (Å²) in [4.78, 5) is 10.7. The number of aliphatic carboxylic acids is 1. The number of aryl methyl sites for hydroxylation is 2. The molecule has 0 unspecified atom stereocenters. The summed E-state index contributed by atoms with van der Waals surface area (Å²) < 4.78 is 7.63. The first-order valence-electron chi connectivity index (χ1n) is 6.80. The fraction of sp³-hybridized carbons (Fsp3) is 0.500. The molecular weight excluding hydrogens is 290 g/mol. The van der Waals surface area contributed by atoms with Crippen molar-refractivity contribution >= 4 is 17.7 Å². The lowest BCUT2D eigenvalue weighted by molar-refractivity contribution is -0.133. The summed E-state index contributed by atoms with van der Waals surface area (Å²) in [6.45, 7) is 8.64. The molecule has 2 aromatic heterocycles. The lowest BCUT2D eigenvalue weighted by atomic mass is 10.1. The minimum absolute atomic E-state index is 0.0236. The number of hydrogen-bond acceptors (Lipinski definition) is 5. The molecule has 0 radical (unpaired) electrons. The van der Waals surface area contributed by atoms with E-state index in [1.54, 1.807) is 0 Å². The molecule has 0 aromatic carbocycles. The summed E-state index contributed by atoms with van der Waals surface area (Å²) in [7, 11) is 0. The van der Waals surface area contributed by atoms with Crippen molar-refractivity contribution in [1.82, 2.24) is 14.8 Å². The third-order valence-corrected chi connectivity index (χ3v) is 4.23. The lowest BCUT2D eigenvalue weighted by Crippen LogP contribution is -2.05. The number of thioether (sulfide) groups is 1. The second kappa shape index (κ2) is 6.34. The first-order chi connectivity index (χ1) is 9.95. The van der Waals surface area contributed by atoms with Gasteiger partial charge in [-0.2, -0.15) is 0 Å². The maximum Gasteiger partial charge on any atom is 0.313 e. The second-order valence-corrected chi connectivity index (χ2v) is 5.80. The summed E-state index contributed by atoms with van der Waals surface area (Å²) in [5.74, 6) is 1.54. The molecule has 0 bridgehead atoms. The van der Waals surface area contributed by atoms with Gasteiger partial charge in [-0.15, -0.1) is 10.2 Å². The monoisotopic (exact) mass is 309 g/mol. The van der Waals surface area contributed by atoms with E-state index in [1.165, 1.54) is 11.8 Å². The molecule has 1 N–H and O–H groups in total. The third kappa shape index (κ3) is 3.12. The van der Waals surface area contributed by atoms with Crippen LogP contribution in [0.5, 0.6) is 0 Å². The number of aromatic nitrogens is 3. The van der Waals surface area contributed by atoms with Crippen molar-refractivity contribution in [2.45, 2.75) is 45.8 Å². The van der Waals surface area contributed by atoms with Crippen molar-refractivity contribution in [3.63, 3.8) is 0 Å². The van der Waals surface area contributed by atoms with Gasteiger partial charge in [0.1, 0.15) is 11.5 Å². The molecule has 0 saturated carbocycles. The predicted molar refractivity (Wildman–Crippen MR) is 80.6 cm³/mol. The highest BCUT2D eigenvalue weighted by Gasteiger charge is 2.21. The van der Waals surface area contributed by atoms with Crippen LogP contribution in [-0.4, -0.2) is 31.6 Å². The number of hydrogen-bond donors (Lipinski definition) is 1. The molecule has 0 fully saturated rings. The molecule has 0 aliphatic carbocycles. The van der Waals surface area contributed by atoms with Crippen LogP contribution in [0.3, 0.4) is 0 Å². The molecule has 0 saturated heterocycles. The molecule has 2 aromatic rings. The first-order valence-corrected chi connectivity index (χ1v) is 7.79. The van der Waals surface area contributed by atoms with Gasteiger partial charge in [0.15, 0.2) is 11.0 Å². The Balaban J connectivity index is 2.46. The topological polar surface area (TPSA) is 81.2 Å². The standard InChI is InChI=1S/C14H19N3O3S/c1-5-6-17-13(12-8(2)9(3)20-10(12)4)15-16-14(17)21-7-11(18)19/h5-7H2,1-4H3,(H,18,19). The Morgan fingerprint density at radius 2 is 2.00 bits per heavy atom. The average Bonchev–Trinajstić information content (AvgIpc) is 2.90. The van der Waals surface area contributed by atoms with Gasteiger partial charge in [0.05, 0.1) is 11.3 Å². The normalized spacial score (nSPS) is 11.0. The van der Waals surface area contributed by atoms with Gasteiger partial charge in [0.25, 0.3) is 0 Å². The third-order valence-electron chi connectivity index (χ3n) is 3.27. The van der Waals surface area contributed by atoms with Gasteiger partial charge in [-0.3, -0.25) is 4.79 Å². The van der Waals surface area contributed by atoms with E-state index in [9.17, 15) is 4.79 Å². The van der Waals surface area contributed by atoms with Crippen molar-refractivity contribution in [3.05, 3.63) is 17.1 Å². The zero-order valence-electron chi connectivity index (χ0n) is 12.6. The van der Waals surface area contributed by atoms with Crippen molar-refractivity contribution < 1.29 is 14.3 Å². The SMILES string of the molecule is CCCn1c(SCC(=O)O)nnc1-c1c(C)oc(C)c1C. The Morgan fingerprint density at radius 3 is 2.52 bits per heavy atom. The van der Waals surface area contributed by atoms with Crippen LogP contribution < -0.4 is 0 Å². The fourth-order valence-electron chi connectivity index (χ4n) is 2.25. The molecule has 0 amide bonds. The van der Waals surface area contributed by atoms with Gasteiger partial charge >= 0.3 is 5.97 Å². The molecule has 2 heterocycles. The van der Waals surface area contributed by atoms with E-state index in [-0.39, 0.29) is 5.75 Å². The number of carboxylic acids is 1. The summed E-state index contributed by atoms with van der Waals surface area (Å²) in [6.07, 6.45) is 0.917. The Labute approximate surface area is 127 Å². The van der Waals surface area contributed by atoms with Crippen LogP contribution in [0.2, 0.25) is 0 Å². The van der Waals surface area contributed by atoms with Crippen LogP contribution in [0.4, 0.5) is 0 Å². The number of carbonyl (C=O) groups is 1. The highest BCUT2D eigenvalue weighted by Crippen LogP contribution is 2.32. The van der Waals surface area contributed by atoms with Gasteiger partial charge in [-0.05, 0) is 27.2 Å². The van der Waals surface area contributed by atoms with Crippen molar-refractivity contribution in [2.24, 2.45) is 0 Å². The van der Waals surface area contributed by atoms with E-state index in [0.29, 0.717) is 5.16 Å². The Bertz CT molecular complexity index is 661. The Hall–Kier alpha value is -1.76. The second-order valence-electron chi connectivity index (χ2n) is 4.85. The van der Waals surface area contributed by atoms with Crippen molar-refractivity contribution in [3.8, 4) is 11.4 Å². The van der Waals surface area contributed by atoms with Crippen molar-refractivity contribution in [2.75, 3.05) is 5.75 Å². The van der Waals surface area contributed by atoms with E-state index >= 15 is 0 Å². The van der Waals surface area contributed by atoms with Crippen LogP contribution in [0, 0.1) is 20.8 Å². The Morgan fingerprint density at radius 1 is 1.29 bits per heavy atom. The van der Waals surface area contributed by atoms with Gasteiger partial charge in [0, 0.05) is 12.1 Å². The molecule has 114 valence electrons. The van der Waals surface area contributed by atoms with Crippen molar-refractivity contribution in [1.29, 1.82) is 0 Å². The van der Waals surface area contributed by atoms with Crippen LogP contribution >= 0.6 is 11.8 Å². The zero-order valence-corrected chi connectivity index (χ0v) is 13.5. The van der Waals surface area contributed by atoms with E-state index in [4.69, 9.17) is 9.52 Å². The quantitative estimate of drug-likeness (QED) is 0.826. The molecule has 0 aliphatic rings. The van der Waals surface area contributed by atoms with Gasteiger partial charge < -0.3 is 14.1 Å². The van der Waals surface area contributed by atoms with E-state index in [2.05, 4.69) is 17.1 Å². The summed E-state index contributed by atoms with van der Waals surface area (Å²) >= 11 is 1.19. The van der Waals surface area contributed by atoms with Gasteiger partial charge in [-0.1, -0.05) is 18.7 Å². The van der Waals surface area contributed by atoms with Gasteiger partial charge in [0.2, 0.25) is 0 Å². The molecular formula is C14H19N3O3S. The molecule has 6 nitrogen and oxygen atoms in total. The molecule has 0 aliphatic heterocycles. The number of nitrogens with zero attached hydrogens (tertiary/aromatic N) is 3.